The molecule has 1 aromatic heterocycles. The molecule has 0 aliphatic heterocycles. The molecule has 0 saturated carbocycles. The number of aryl methyl sites for hydroxylation is 2. The van der Waals surface area contributed by atoms with Crippen molar-refractivity contribution in [3.05, 3.63) is 54.6 Å². The number of thiophene rings is 1. The Morgan fingerprint density at radius 2 is 2.05 bits per heavy atom. The van der Waals surface area contributed by atoms with Crippen LogP contribution in [0.1, 0.15) is 41.0 Å². The number of nitrogens with one attached hydrogen (secondary N) is 1. The van der Waals surface area contributed by atoms with Gasteiger partial charge in [0.25, 0.3) is 0 Å². The molecule has 0 spiro atoms. The van der Waals surface area contributed by atoms with Crippen LogP contribution in [0.25, 0.3) is 0 Å². The highest BCUT2D eigenvalue weighted by Gasteiger charge is 2.19. The number of rotatable bonds is 5. The van der Waals surface area contributed by atoms with E-state index in [-0.39, 0.29) is 6.04 Å². The summed E-state index contributed by atoms with van der Waals surface area (Å²) in [5.74, 6) is 0. The Morgan fingerprint density at radius 1 is 1.30 bits per heavy atom. The van der Waals surface area contributed by atoms with Crippen LogP contribution in [0.15, 0.2) is 28.1 Å². The van der Waals surface area contributed by atoms with E-state index in [0.29, 0.717) is 0 Å². The monoisotopic (exact) mass is 371 g/mol. The van der Waals surface area contributed by atoms with Crippen molar-refractivity contribution in [2.45, 2.75) is 33.2 Å². The summed E-state index contributed by atoms with van der Waals surface area (Å²) < 4.78 is 1.19. The first-order chi connectivity index (χ1) is 9.54. The lowest BCUT2D eigenvalue weighted by Crippen LogP contribution is -2.22. The van der Waals surface area contributed by atoms with Crippen LogP contribution in [0.2, 0.25) is 5.02 Å². The zero-order chi connectivity index (χ0) is 14.7. The average Bonchev–Trinajstić information content (AvgIpc) is 2.74. The average molecular weight is 373 g/mol. The molecule has 0 aliphatic carbocycles. The van der Waals surface area contributed by atoms with Crippen LogP contribution in [0.3, 0.4) is 0 Å². The van der Waals surface area contributed by atoms with Crippen LogP contribution in [0.5, 0.6) is 0 Å². The Hall–Kier alpha value is -0.350. The minimum absolute atomic E-state index is 0.164. The molecule has 1 unspecified atom stereocenters. The molecule has 0 bridgehead atoms. The van der Waals surface area contributed by atoms with Crippen LogP contribution in [-0.2, 0) is 0 Å². The number of halogens is 2. The zero-order valence-corrected chi connectivity index (χ0v) is 15.1. The highest BCUT2D eigenvalue weighted by atomic mass is 79.9. The second kappa shape index (κ2) is 7.08. The quantitative estimate of drug-likeness (QED) is 0.692. The van der Waals surface area contributed by atoms with E-state index in [1.807, 2.05) is 0 Å². The lowest BCUT2D eigenvalue weighted by Gasteiger charge is -2.20. The van der Waals surface area contributed by atoms with E-state index < -0.39 is 0 Å². The maximum atomic E-state index is 6.52. The molecule has 20 heavy (non-hydrogen) atoms. The molecule has 0 fully saturated rings. The van der Waals surface area contributed by atoms with Crippen molar-refractivity contribution in [3.63, 3.8) is 0 Å². The first kappa shape index (κ1) is 16.0. The van der Waals surface area contributed by atoms with Gasteiger partial charge in [-0.1, -0.05) is 36.7 Å². The molecule has 1 atom stereocenters. The highest BCUT2D eigenvalue weighted by Crippen LogP contribution is 2.37. The third-order valence-electron chi connectivity index (χ3n) is 3.29. The SMILES string of the molecule is CCCNC(c1cc(C)c(Br)s1)c1cccc(C)c1Cl. The fourth-order valence-corrected chi connectivity index (χ4v) is 4.07. The molecular weight excluding hydrogens is 354 g/mol. The topological polar surface area (TPSA) is 12.0 Å². The Morgan fingerprint density at radius 3 is 2.65 bits per heavy atom. The largest absolute Gasteiger partial charge is 0.306 e. The van der Waals surface area contributed by atoms with Gasteiger partial charge in [0.05, 0.1) is 9.83 Å². The lowest BCUT2D eigenvalue weighted by molar-refractivity contribution is 0.605. The van der Waals surface area contributed by atoms with Gasteiger partial charge in [-0.05, 0) is 65.5 Å². The van der Waals surface area contributed by atoms with Crippen molar-refractivity contribution in [2.75, 3.05) is 6.54 Å². The Bertz CT molecular complexity index is 575. The molecule has 0 saturated heterocycles. The summed E-state index contributed by atoms with van der Waals surface area (Å²) in [4.78, 5) is 1.30. The van der Waals surface area contributed by atoms with E-state index in [0.717, 1.165) is 29.1 Å². The van der Waals surface area contributed by atoms with Crippen molar-refractivity contribution >= 4 is 38.9 Å². The molecule has 4 heteroatoms. The van der Waals surface area contributed by atoms with E-state index in [1.54, 1.807) is 11.3 Å². The first-order valence-electron chi connectivity index (χ1n) is 6.78. The fraction of sp³-hybridized carbons (Fsp3) is 0.375. The Balaban J connectivity index is 2.44. The van der Waals surface area contributed by atoms with Gasteiger partial charge in [0.1, 0.15) is 0 Å². The molecule has 0 radical (unpaired) electrons. The van der Waals surface area contributed by atoms with Gasteiger partial charge in [-0.25, -0.2) is 0 Å². The van der Waals surface area contributed by atoms with Gasteiger partial charge in [0, 0.05) is 9.90 Å². The smallest absolute Gasteiger partial charge is 0.0731 e. The molecule has 0 aliphatic rings. The predicted octanol–water partition coefficient (Wildman–Crippen LogP) is 5.87. The minimum atomic E-state index is 0.164. The van der Waals surface area contributed by atoms with Gasteiger partial charge < -0.3 is 5.32 Å². The maximum absolute atomic E-state index is 6.52. The third kappa shape index (κ3) is 3.45. The summed E-state index contributed by atoms with van der Waals surface area (Å²) >= 11 is 11.9. The van der Waals surface area contributed by atoms with Crippen molar-refractivity contribution in [1.82, 2.24) is 5.32 Å². The van der Waals surface area contributed by atoms with Crippen LogP contribution < -0.4 is 5.32 Å². The number of benzene rings is 1. The van der Waals surface area contributed by atoms with Gasteiger partial charge in [-0.15, -0.1) is 11.3 Å². The van der Waals surface area contributed by atoms with E-state index in [4.69, 9.17) is 11.6 Å². The molecule has 1 heterocycles. The third-order valence-corrected chi connectivity index (χ3v) is 6.01. The Labute approximate surface area is 138 Å². The molecule has 2 rings (SSSR count). The normalized spacial score (nSPS) is 12.7. The molecule has 1 aromatic carbocycles. The standard InChI is InChI=1S/C16H19BrClNS/c1-4-8-19-15(13-9-11(3)16(17)20-13)12-7-5-6-10(2)14(12)18/h5-7,9,15,19H,4,8H2,1-3H3. The summed E-state index contributed by atoms with van der Waals surface area (Å²) in [5.41, 5.74) is 3.56. The van der Waals surface area contributed by atoms with Gasteiger partial charge in [0.15, 0.2) is 0 Å². The van der Waals surface area contributed by atoms with Gasteiger partial charge in [0.2, 0.25) is 0 Å². The first-order valence-corrected chi connectivity index (χ1v) is 8.77. The number of hydrogen-bond donors (Lipinski definition) is 1. The van der Waals surface area contributed by atoms with Gasteiger partial charge >= 0.3 is 0 Å². The van der Waals surface area contributed by atoms with Crippen LogP contribution in [-0.4, -0.2) is 6.54 Å². The van der Waals surface area contributed by atoms with Crippen molar-refractivity contribution in [1.29, 1.82) is 0 Å². The maximum Gasteiger partial charge on any atom is 0.0731 e. The molecular formula is C16H19BrClNS. The van der Waals surface area contributed by atoms with Gasteiger partial charge in [-0.2, -0.15) is 0 Å². The second-order valence-electron chi connectivity index (χ2n) is 4.97. The van der Waals surface area contributed by atoms with E-state index in [9.17, 15) is 0 Å². The van der Waals surface area contributed by atoms with E-state index in [1.165, 1.54) is 14.2 Å². The van der Waals surface area contributed by atoms with Crippen molar-refractivity contribution in [3.8, 4) is 0 Å². The molecule has 0 amide bonds. The summed E-state index contributed by atoms with van der Waals surface area (Å²) in [6, 6.07) is 8.65. The van der Waals surface area contributed by atoms with E-state index in [2.05, 4.69) is 66.3 Å². The Kier molecular flexibility index (Phi) is 5.67. The summed E-state index contributed by atoms with van der Waals surface area (Å²) in [6.07, 6.45) is 1.10. The molecule has 1 nitrogen and oxygen atoms in total. The van der Waals surface area contributed by atoms with E-state index >= 15 is 0 Å². The molecule has 1 N–H and O–H groups in total. The van der Waals surface area contributed by atoms with Gasteiger partial charge in [-0.3, -0.25) is 0 Å². The summed E-state index contributed by atoms with van der Waals surface area (Å²) in [5, 5.41) is 4.48. The van der Waals surface area contributed by atoms with Crippen LogP contribution in [0, 0.1) is 13.8 Å². The molecule has 2 aromatic rings. The zero-order valence-electron chi connectivity index (χ0n) is 12.0. The predicted molar refractivity (Wildman–Crippen MR) is 93.1 cm³/mol. The van der Waals surface area contributed by atoms with Crippen LogP contribution in [0.4, 0.5) is 0 Å². The summed E-state index contributed by atoms with van der Waals surface area (Å²) in [6.45, 7) is 7.33. The number of hydrogen-bond acceptors (Lipinski definition) is 2. The van der Waals surface area contributed by atoms with Crippen molar-refractivity contribution < 1.29 is 0 Å². The lowest BCUT2D eigenvalue weighted by atomic mass is 10.0. The van der Waals surface area contributed by atoms with Crippen LogP contribution >= 0.6 is 38.9 Å². The second-order valence-corrected chi connectivity index (χ2v) is 7.75. The highest BCUT2D eigenvalue weighted by molar-refractivity contribution is 9.11. The fourth-order valence-electron chi connectivity index (χ4n) is 2.17. The summed E-state index contributed by atoms with van der Waals surface area (Å²) in [7, 11) is 0. The minimum Gasteiger partial charge on any atom is -0.306 e. The molecule has 108 valence electrons. The van der Waals surface area contributed by atoms with Crippen molar-refractivity contribution in [2.24, 2.45) is 0 Å².